The molecule has 5 rings (SSSR count). The van der Waals surface area contributed by atoms with Crippen LogP contribution in [-0.4, -0.2) is 34.0 Å². The van der Waals surface area contributed by atoms with E-state index in [0.29, 0.717) is 44.6 Å². The number of hydrogen-bond acceptors (Lipinski definition) is 8. The van der Waals surface area contributed by atoms with Crippen LogP contribution in [0, 0.1) is 11.3 Å². The van der Waals surface area contributed by atoms with Gasteiger partial charge in [0.05, 0.1) is 29.0 Å². The number of thiophene rings is 1. The highest BCUT2D eigenvalue weighted by Crippen LogP contribution is 2.46. The van der Waals surface area contributed by atoms with Crippen molar-refractivity contribution in [2.45, 2.75) is 52.1 Å². The first kappa shape index (κ1) is 27.3. The predicted octanol–water partition coefficient (Wildman–Crippen LogP) is 5.72. The lowest BCUT2D eigenvalue weighted by Crippen LogP contribution is -2.54. The zero-order chi connectivity index (χ0) is 28.8. The molecule has 3 heterocycles. The van der Waals surface area contributed by atoms with Crippen molar-refractivity contribution in [3.8, 4) is 17.6 Å². The number of nitriles is 1. The van der Waals surface area contributed by atoms with Crippen molar-refractivity contribution in [3.63, 3.8) is 0 Å². The number of benzene rings is 2. The van der Waals surface area contributed by atoms with Gasteiger partial charge < -0.3 is 15.2 Å². The number of nitrogens with one attached hydrogen (secondary N) is 1. The normalized spacial score (nSPS) is 15.6. The molecule has 0 unspecified atom stereocenters. The number of aromatic nitrogens is 1. The molecule has 0 spiro atoms. The van der Waals surface area contributed by atoms with E-state index in [0.717, 1.165) is 10.4 Å². The van der Waals surface area contributed by atoms with Crippen LogP contribution in [0.3, 0.4) is 0 Å². The van der Waals surface area contributed by atoms with Gasteiger partial charge in [-0.1, -0.05) is 18.2 Å². The second-order valence-electron chi connectivity index (χ2n) is 11.0. The maximum atomic E-state index is 13.5. The summed E-state index contributed by atoms with van der Waals surface area (Å²) in [5.74, 6) is -0.759. The largest absolute Gasteiger partial charge is 0.494 e. The Hall–Kier alpha value is -4.26. The number of ether oxygens (including phenoxy) is 1. The lowest BCUT2D eigenvalue weighted by atomic mass is 9.81. The van der Waals surface area contributed by atoms with Gasteiger partial charge in [0.25, 0.3) is 5.56 Å². The van der Waals surface area contributed by atoms with Crippen molar-refractivity contribution in [1.29, 1.82) is 5.26 Å². The molecule has 0 amide bonds. The standard InChI is InChI=1S/C31H30N4O4S/c1-6-39-29(38)18-11-13-19(14-12-18)35-27(36)21-10-8-7-9-20(21)24(28(35)37)17-33-26-23(16-32)22-15-30(2,3)34-31(4,5)25(22)40-26/h7-14,17,34,37H,6,15H2,1-5H3. The third-order valence-corrected chi connectivity index (χ3v) is 8.45. The number of fused-ring (bicyclic) bond motifs is 2. The summed E-state index contributed by atoms with van der Waals surface area (Å²) < 4.78 is 6.24. The van der Waals surface area contributed by atoms with Crippen molar-refractivity contribution in [3.05, 3.63) is 86.0 Å². The molecule has 8 nitrogen and oxygen atoms in total. The second-order valence-corrected chi connectivity index (χ2v) is 12.0. The van der Waals surface area contributed by atoms with Crippen LogP contribution in [0.2, 0.25) is 0 Å². The molecule has 1 aliphatic rings. The summed E-state index contributed by atoms with van der Waals surface area (Å²) >= 11 is 1.46. The average molecular weight is 555 g/mol. The number of carbonyl (C=O) groups excluding carboxylic acids is 1. The molecule has 40 heavy (non-hydrogen) atoms. The third kappa shape index (κ3) is 4.70. The average Bonchev–Trinajstić information content (AvgIpc) is 3.26. The van der Waals surface area contributed by atoms with Gasteiger partial charge in [-0.2, -0.15) is 5.26 Å². The Morgan fingerprint density at radius 2 is 1.85 bits per heavy atom. The zero-order valence-electron chi connectivity index (χ0n) is 23.0. The molecule has 0 fully saturated rings. The lowest BCUT2D eigenvalue weighted by molar-refractivity contribution is 0.0526. The van der Waals surface area contributed by atoms with Gasteiger partial charge in [0.2, 0.25) is 5.88 Å². The summed E-state index contributed by atoms with van der Waals surface area (Å²) in [5, 5.41) is 26.6. The molecular formula is C31H30N4O4S. The van der Waals surface area contributed by atoms with Gasteiger partial charge >= 0.3 is 5.97 Å². The van der Waals surface area contributed by atoms with Crippen LogP contribution in [0.5, 0.6) is 5.88 Å². The first-order valence-corrected chi connectivity index (χ1v) is 13.8. The molecule has 0 radical (unpaired) electrons. The van der Waals surface area contributed by atoms with E-state index in [4.69, 9.17) is 9.73 Å². The SMILES string of the molecule is CCOC(=O)c1ccc(-n2c(O)c(C=Nc3sc4c(c3C#N)CC(C)(C)NC4(C)C)c3ccccc3c2=O)cc1. The Kier molecular flexibility index (Phi) is 6.86. The van der Waals surface area contributed by atoms with Crippen LogP contribution < -0.4 is 10.9 Å². The quantitative estimate of drug-likeness (QED) is 0.241. The van der Waals surface area contributed by atoms with E-state index >= 15 is 0 Å². The fourth-order valence-electron chi connectivity index (χ4n) is 5.53. The van der Waals surface area contributed by atoms with Crippen LogP contribution >= 0.6 is 11.3 Å². The topological polar surface area (TPSA) is 117 Å². The number of pyridine rings is 1. The van der Waals surface area contributed by atoms with Gasteiger partial charge in [0.1, 0.15) is 11.1 Å². The summed E-state index contributed by atoms with van der Waals surface area (Å²) in [6.07, 6.45) is 2.21. The Bertz CT molecular complexity index is 1770. The molecule has 0 atom stereocenters. The molecule has 2 N–H and O–H groups in total. The highest BCUT2D eigenvalue weighted by Gasteiger charge is 2.40. The molecule has 9 heteroatoms. The maximum Gasteiger partial charge on any atom is 0.338 e. The van der Waals surface area contributed by atoms with Gasteiger partial charge in [-0.25, -0.2) is 14.4 Å². The lowest BCUT2D eigenvalue weighted by Gasteiger charge is -2.42. The second kappa shape index (κ2) is 10.0. The number of hydrogen-bond donors (Lipinski definition) is 2. The van der Waals surface area contributed by atoms with Gasteiger partial charge in [-0.05, 0) is 76.9 Å². The van der Waals surface area contributed by atoms with E-state index in [1.807, 2.05) is 0 Å². The summed E-state index contributed by atoms with van der Waals surface area (Å²) in [4.78, 5) is 31.3. The molecule has 0 aliphatic carbocycles. The minimum absolute atomic E-state index is 0.184. The molecular weight excluding hydrogens is 524 g/mol. The first-order valence-electron chi connectivity index (χ1n) is 13.0. The van der Waals surface area contributed by atoms with Gasteiger partial charge in [0.15, 0.2) is 0 Å². The van der Waals surface area contributed by atoms with E-state index in [1.54, 1.807) is 55.5 Å². The summed E-state index contributed by atoms with van der Waals surface area (Å²) in [6, 6.07) is 15.6. The Morgan fingerprint density at radius 3 is 2.50 bits per heavy atom. The molecule has 4 aromatic rings. The fraction of sp³-hybridized carbons (Fsp3) is 0.290. The van der Waals surface area contributed by atoms with Crippen LogP contribution in [0.25, 0.3) is 16.5 Å². The minimum Gasteiger partial charge on any atom is -0.494 e. The van der Waals surface area contributed by atoms with E-state index in [1.165, 1.54) is 22.1 Å². The van der Waals surface area contributed by atoms with Crippen LogP contribution in [0.1, 0.15) is 66.5 Å². The van der Waals surface area contributed by atoms with Crippen LogP contribution in [0.4, 0.5) is 5.00 Å². The van der Waals surface area contributed by atoms with E-state index in [2.05, 4.69) is 39.1 Å². The molecule has 2 aromatic carbocycles. The third-order valence-electron chi connectivity index (χ3n) is 6.99. The number of rotatable bonds is 5. The Labute approximate surface area is 236 Å². The number of nitrogens with zero attached hydrogens (tertiary/aromatic N) is 3. The predicted molar refractivity (Wildman–Crippen MR) is 157 cm³/mol. The van der Waals surface area contributed by atoms with Gasteiger partial charge in [-0.15, -0.1) is 11.3 Å². The highest BCUT2D eigenvalue weighted by atomic mass is 32.1. The smallest absolute Gasteiger partial charge is 0.338 e. The number of aliphatic imine (C=N–C) groups is 1. The van der Waals surface area contributed by atoms with E-state index < -0.39 is 11.5 Å². The van der Waals surface area contributed by atoms with Crippen molar-refractivity contribution in [2.24, 2.45) is 4.99 Å². The van der Waals surface area contributed by atoms with Gasteiger partial charge in [0, 0.05) is 32.9 Å². The molecule has 2 aromatic heterocycles. The van der Waals surface area contributed by atoms with Crippen molar-refractivity contribution in [2.75, 3.05) is 6.61 Å². The van der Waals surface area contributed by atoms with Crippen molar-refractivity contribution in [1.82, 2.24) is 9.88 Å². The number of carbonyl (C=O) groups is 1. The number of esters is 1. The van der Waals surface area contributed by atoms with Crippen molar-refractivity contribution >= 4 is 39.3 Å². The Morgan fingerprint density at radius 1 is 1.18 bits per heavy atom. The summed E-state index contributed by atoms with van der Waals surface area (Å²) in [7, 11) is 0. The minimum atomic E-state index is -0.467. The monoisotopic (exact) mass is 554 g/mol. The van der Waals surface area contributed by atoms with E-state index in [-0.39, 0.29) is 23.6 Å². The van der Waals surface area contributed by atoms with Gasteiger partial charge in [-0.3, -0.25) is 4.79 Å². The van der Waals surface area contributed by atoms with E-state index in [9.17, 15) is 20.0 Å². The summed E-state index contributed by atoms with van der Waals surface area (Å²) in [5.41, 5.74) is 1.67. The Balaban J connectivity index is 1.65. The van der Waals surface area contributed by atoms with Crippen molar-refractivity contribution < 1.29 is 14.6 Å². The molecule has 0 saturated heterocycles. The maximum absolute atomic E-state index is 13.5. The molecule has 0 saturated carbocycles. The fourth-order valence-corrected chi connectivity index (χ4v) is 6.71. The van der Waals surface area contributed by atoms with Crippen LogP contribution in [-0.2, 0) is 16.7 Å². The molecule has 1 aliphatic heterocycles. The number of aromatic hydroxyl groups is 1. The highest BCUT2D eigenvalue weighted by molar-refractivity contribution is 7.16. The first-order chi connectivity index (χ1) is 19.0. The molecule has 0 bridgehead atoms. The summed E-state index contributed by atoms with van der Waals surface area (Å²) in [6.45, 7) is 10.4. The zero-order valence-corrected chi connectivity index (χ0v) is 23.8. The van der Waals surface area contributed by atoms with Crippen LogP contribution in [0.15, 0.2) is 58.3 Å². The molecule has 204 valence electrons.